The molecule has 60 valence electrons. The second-order valence-corrected chi connectivity index (χ2v) is 2.85. The first-order valence-electron chi connectivity index (χ1n) is 3.82. The van der Waals surface area contributed by atoms with Gasteiger partial charge in [0.05, 0.1) is 6.42 Å². The van der Waals surface area contributed by atoms with Gasteiger partial charge in [-0.1, -0.05) is 24.3 Å². The molecule has 1 aliphatic rings. The van der Waals surface area contributed by atoms with Crippen LogP contribution in [0.15, 0.2) is 24.3 Å². The van der Waals surface area contributed by atoms with E-state index in [-0.39, 0.29) is 5.91 Å². The fourth-order valence-corrected chi connectivity index (χ4v) is 1.42. The van der Waals surface area contributed by atoms with Crippen molar-refractivity contribution in [1.82, 2.24) is 5.23 Å². The molecule has 0 aliphatic carbocycles. The second-order valence-electron chi connectivity index (χ2n) is 2.85. The lowest BCUT2D eigenvalue weighted by Gasteiger charge is -2.18. The van der Waals surface area contributed by atoms with Crippen molar-refractivity contribution in [3.8, 4) is 0 Å². The molecule has 3 nitrogen and oxygen atoms in total. The number of nitrogens with one attached hydrogen (secondary N) is 1. The van der Waals surface area contributed by atoms with Gasteiger partial charge in [-0.3, -0.25) is 4.79 Å². The maximum atomic E-state index is 11.0. The number of hydrogen-bond donors (Lipinski definition) is 2. The Kier molecular flexibility index (Phi) is 1.62. The van der Waals surface area contributed by atoms with Gasteiger partial charge in [-0.15, -0.1) is 0 Å². The number of hydrogen-bond acceptors (Lipinski definition) is 2. The van der Waals surface area contributed by atoms with E-state index < -0.39 is 7.05 Å². The van der Waals surface area contributed by atoms with Crippen molar-refractivity contribution in [2.45, 2.75) is 6.42 Å². The van der Waals surface area contributed by atoms with E-state index in [0.717, 1.165) is 11.0 Å². The summed E-state index contributed by atoms with van der Waals surface area (Å²) in [6.45, 7) is 0. The quantitative estimate of drug-likeness (QED) is 0.481. The predicted octanol–water partition coefficient (Wildman–Crippen LogP) is -0.954. The molecule has 0 spiro atoms. The Labute approximate surface area is 70.5 Å². The summed E-state index contributed by atoms with van der Waals surface area (Å²) in [5.41, 5.74) is 1.71. The number of carbonyl (C=O) groups excluding carboxylic acids is 1. The van der Waals surface area contributed by atoms with Crippen molar-refractivity contribution < 1.29 is 9.82 Å². The van der Waals surface area contributed by atoms with Crippen molar-refractivity contribution >= 4 is 18.4 Å². The minimum Gasteiger partial charge on any atom is -0.429 e. The number of fused-ring (bicyclic) bond motifs is 1. The summed E-state index contributed by atoms with van der Waals surface area (Å²) in [5, 5.41) is 11.9. The van der Waals surface area contributed by atoms with E-state index in [1.165, 1.54) is 0 Å². The molecule has 1 heterocycles. The fraction of sp³-hybridized carbons (Fsp3) is 0.125. The van der Waals surface area contributed by atoms with Gasteiger partial charge < -0.3 is 10.3 Å². The highest BCUT2D eigenvalue weighted by atomic mass is 16.2. The van der Waals surface area contributed by atoms with Crippen LogP contribution in [0.5, 0.6) is 0 Å². The molecule has 12 heavy (non-hydrogen) atoms. The highest BCUT2D eigenvalue weighted by molar-refractivity contribution is 6.67. The van der Waals surface area contributed by atoms with E-state index in [4.69, 9.17) is 0 Å². The Morgan fingerprint density at radius 3 is 3.00 bits per heavy atom. The van der Waals surface area contributed by atoms with Crippen LogP contribution in [-0.4, -0.2) is 18.0 Å². The lowest BCUT2D eigenvalue weighted by atomic mass is 9.68. The van der Waals surface area contributed by atoms with Crippen molar-refractivity contribution in [2.75, 3.05) is 0 Å². The van der Waals surface area contributed by atoms with E-state index in [1.807, 2.05) is 24.3 Å². The maximum absolute atomic E-state index is 11.0. The van der Waals surface area contributed by atoms with Crippen LogP contribution in [0.4, 0.5) is 0 Å². The zero-order valence-electron chi connectivity index (χ0n) is 6.45. The van der Waals surface area contributed by atoms with Crippen LogP contribution >= 0.6 is 0 Å². The lowest BCUT2D eigenvalue weighted by Crippen LogP contribution is -2.54. The van der Waals surface area contributed by atoms with E-state index in [0.29, 0.717) is 6.42 Å². The summed E-state index contributed by atoms with van der Waals surface area (Å²) in [7, 11) is -0.831. The molecule has 0 saturated heterocycles. The molecule has 0 bridgehead atoms. The molecule has 0 aromatic heterocycles. The Balaban J connectivity index is 2.47. The Hall–Kier alpha value is -1.29. The average Bonchev–Trinajstić information content (AvgIpc) is 2.04. The minimum atomic E-state index is -0.831. The summed E-state index contributed by atoms with van der Waals surface area (Å²) >= 11 is 0. The van der Waals surface area contributed by atoms with Crippen LogP contribution in [-0.2, 0) is 11.2 Å². The van der Waals surface area contributed by atoms with E-state index in [9.17, 15) is 9.82 Å². The predicted molar refractivity (Wildman–Crippen MR) is 45.9 cm³/mol. The third-order valence-corrected chi connectivity index (χ3v) is 2.00. The molecule has 1 amide bonds. The number of rotatable bonds is 0. The van der Waals surface area contributed by atoms with Gasteiger partial charge in [0.15, 0.2) is 0 Å². The third-order valence-electron chi connectivity index (χ3n) is 2.00. The van der Waals surface area contributed by atoms with Crippen molar-refractivity contribution in [3.63, 3.8) is 0 Å². The molecular weight excluding hydrogens is 153 g/mol. The first-order chi connectivity index (χ1) is 5.77. The van der Waals surface area contributed by atoms with Crippen LogP contribution in [0.2, 0.25) is 0 Å². The van der Waals surface area contributed by atoms with Crippen LogP contribution in [0.25, 0.3) is 0 Å². The standard InChI is InChI=1S/C8H8BNO2/c11-8-5-6-3-1-2-4-7(6)9(12)10-8/h1-4,12H,5H2,(H,10,11). The summed E-state index contributed by atoms with van der Waals surface area (Å²) in [5.74, 6) is -0.124. The Morgan fingerprint density at radius 1 is 1.42 bits per heavy atom. The smallest absolute Gasteiger partial charge is 0.429 e. The highest BCUT2D eigenvalue weighted by Gasteiger charge is 2.26. The topological polar surface area (TPSA) is 49.3 Å². The van der Waals surface area contributed by atoms with Crippen LogP contribution in [0.3, 0.4) is 0 Å². The van der Waals surface area contributed by atoms with Crippen LogP contribution in [0.1, 0.15) is 5.56 Å². The lowest BCUT2D eigenvalue weighted by molar-refractivity contribution is -0.119. The van der Waals surface area contributed by atoms with Gasteiger partial charge in [0, 0.05) is 0 Å². The first-order valence-corrected chi connectivity index (χ1v) is 3.82. The summed E-state index contributed by atoms with van der Waals surface area (Å²) in [4.78, 5) is 11.0. The number of amides is 1. The summed E-state index contributed by atoms with van der Waals surface area (Å²) in [6.07, 6.45) is 0.368. The van der Waals surface area contributed by atoms with Gasteiger partial charge in [-0.2, -0.15) is 0 Å². The largest absolute Gasteiger partial charge is 0.449 e. The monoisotopic (exact) mass is 161 g/mol. The maximum Gasteiger partial charge on any atom is 0.449 e. The van der Waals surface area contributed by atoms with E-state index >= 15 is 0 Å². The second kappa shape index (κ2) is 2.64. The number of carbonyl (C=O) groups is 1. The molecule has 0 radical (unpaired) electrons. The summed E-state index contributed by atoms with van der Waals surface area (Å²) in [6, 6.07) is 7.39. The third kappa shape index (κ3) is 1.10. The zero-order valence-corrected chi connectivity index (χ0v) is 6.45. The first kappa shape index (κ1) is 7.37. The molecule has 2 N–H and O–H groups in total. The van der Waals surface area contributed by atoms with Crippen molar-refractivity contribution in [1.29, 1.82) is 0 Å². The summed E-state index contributed by atoms with van der Waals surface area (Å²) < 4.78 is 0. The molecule has 0 fully saturated rings. The number of benzene rings is 1. The van der Waals surface area contributed by atoms with Crippen LogP contribution < -0.4 is 10.7 Å². The zero-order chi connectivity index (χ0) is 8.55. The Bertz CT molecular complexity index is 327. The molecule has 0 saturated carbocycles. The van der Waals surface area contributed by atoms with Crippen molar-refractivity contribution in [2.24, 2.45) is 0 Å². The van der Waals surface area contributed by atoms with Gasteiger partial charge >= 0.3 is 7.05 Å². The minimum absolute atomic E-state index is 0.124. The van der Waals surface area contributed by atoms with Crippen LogP contribution in [0, 0.1) is 0 Å². The molecule has 0 unspecified atom stereocenters. The van der Waals surface area contributed by atoms with Gasteiger partial charge in [0.1, 0.15) is 0 Å². The molecule has 0 atom stereocenters. The molecule has 4 heteroatoms. The van der Waals surface area contributed by atoms with Crippen molar-refractivity contribution in [3.05, 3.63) is 29.8 Å². The fourth-order valence-electron chi connectivity index (χ4n) is 1.42. The molecule has 1 aromatic rings. The average molecular weight is 161 g/mol. The van der Waals surface area contributed by atoms with Gasteiger partial charge in [-0.25, -0.2) is 0 Å². The van der Waals surface area contributed by atoms with E-state index in [1.54, 1.807) is 0 Å². The molecule has 1 aliphatic heterocycles. The molecular formula is C8H8BNO2. The van der Waals surface area contributed by atoms with Gasteiger partial charge in [0.25, 0.3) is 0 Å². The van der Waals surface area contributed by atoms with E-state index in [2.05, 4.69) is 5.23 Å². The highest BCUT2D eigenvalue weighted by Crippen LogP contribution is 2.02. The normalized spacial score (nSPS) is 15.4. The molecule has 2 rings (SSSR count). The molecule has 1 aromatic carbocycles. The van der Waals surface area contributed by atoms with Gasteiger partial charge in [0.2, 0.25) is 5.91 Å². The Morgan fingerprint density at radius 2 is 2.17 bits per heavy atom. The SMILES string of the molecule is O=C1Cc2ccccc2B(O)N1. The van der Waals surface area contributed by atoms with Gasteiger partial charge in [-0.05, 0) is 11.0 Å².